The Labute approximate surface area is 107 Å². The number of hydrogen-bond acceptors (Lipinski definition) is 3. The standard InChI is InChI=1S/C15H17NO2/c17-11-7-13-1-3-15(4-2-13)18-12-8-14-5-9-16-10-6-14/h1-6,9-10,17H,7-8,11-12H2. The summed E-state index contributed by atoms with van der Waals surface area (Å²) in [5.74, 6) is 0.866. The van der Waals surface area contributed by atoms with Crippen molar-refractivity contribution in [2.45, 2.75) is 12.8 Å². The molecule has 2 aromatic rings. The van der Waals surface area contributed by atoms with Crippen molar-refractivity contribution in [3.05, 3.63) is 59.9 Å². The third-order valence-electron chi connectivity index (χ3n) is 2.73. The number of rotatable bonds is 6. The summed E-state index contributed by atoms with van der Waals surface area (Å²) >= 11 is 0. The summed E-state index contributed by atoms with van der Waals surface area (Å²) in [6.07, 6.45) is 5.15. The minimum atomic E-state index is 0.183. The van der Waals surface area contributed by atoms with E-state index in [0.717, 1.165) is 17.7 Å². The topological polar surface area (TPSA) is 42.4 Å². The van der Waals surface area contributed by atoms with E-state index < -0.39 is 0 Å². The lowest BCUT2D eigenvalue weighted by molar-refractivity contribution is 0.299. The SMILES string of the molecule is OCCc1ccc(OCCc2ccncc2)cc1. The maximum atomic E-state index is 8.82. The lowest BCUT2D eigenvalue weighted by Crippen LogP contribution is -2.01. The number of benzene rings is 1. The second kappa shape index (κ2) is 6.77. The Kier molecular flexibility index (Phi) is 4.73. The van der Waals surface area contributed by atoms with Crippen LogP contribution < -0.4 is 4.74 Å². The van der Waals surface area contributed by atoms with Crippen molar-refractivity contribution in [1.29, 1.82) is 0 Å². The minimum absolute atomic E-state index is 0.183. The van der Waals surface area contributed by atoms with Gasteiger partial charge in [0.1, 0.15) is 5.75 Å². The van der Waals surface area contributed by atoms with Gasteiger partial charge in [-0.1, -0.05) is 12.1 Å². The number of aliphatic hydroxyl groups is 1. The Morgan fingerprint density at radius 2 is 1.56 bits per heavy atom. The molecule has 0 spiro atoms. The van der Waals surface area contributed by atoms with E-state index in [1.165, 1.54) is 5.56 Å². The number of pyridine rings is 1. The number of aliphatic hydroxyl groups excluding tert-OH is 1. The molecule has 0 saturated carbocycles. The van der Waals surface area contributed by atoms with Gasteiger partial charge in [-0.15, -0.1) is 0 Å². The number of nitrogens with zero attached hydrogens (tertiary/aromatic N) is 1. The molecule has 3 heteroatoms. The Bertz CT molecular complexity index is 454. The maximum Gasteiger partial charge on any atom is 0.119 e. The highest BCUT2D eigenvalue weighted by molar-refractivity contribution is 5.27. The van der Waals surface area contributed by atoms with E-state index in [1.807, 2.05) is 36.4 Å². The first-order valence-corrected chi connectivity index (χ1v) is 6.10. The smallest absolute Gasteiger partial charge is 0.119 e. The van der Waals surface area contributed by atoms with Gasteiger partial charge in [0.25, 0.3) is 0 Å². The van der Waals surface area contributed by atoms with E-state index in [9.17, 15) is 0 Å². The van der Waals surface area contributed by atoms with Crippen molar-refractivity contribution in [2.24, 2.45) is 0 Å². The van der Waals surface area contributed by atoms with Crippen LogP contribution in [-0.2, 0) is 12.8 Å². The monoisotopic (exact) mass is 243 g/mol. The first-order chi connectivity index (χ1) is 8.88. The van der Waals surface area contributed by atoms with Crippen molar-refractivity contribution < 1.29 is 9.84 Å². The van der Waals surface area contributed by atoms with Crippen LogP contribution in [0.25, 0.3) is 0 Å². The van der Waals surface area contributed by atoms with E-state index >= 15 is 0 Å². The molecule has 2 rings (SSSR count). The molecule has 0 bridgehead atoms. The molecular formula is C15H17NO2. The van der Waals surface area contributed by atoms with Gasteiger partial charge in [-0.2, -0.15) is 0 Å². The summed E-state index contributed by atoms with van der Waals surface area (Å²) in [4.78, 5) is 3.98. The molecule has 3 nitrogen and oxygen atoms in total. The highest BCUT2D eigenvalue weighted by Gasteiger charge is 1.96. The summed E-state index contributed by atoms with van der Waals surface area (Å²) in [6, 6.07) is 11.8. The summed E-state index contributed by atoms with van der Waals surface area (Å²) < 4.78 is 5.66. The first kappa shape index (κ1) is 12.6. The fourth-order valence-corrected chi connectivity index (χ4v) is 1.72. The molecular weight excluding hydrogens is 226 g/mol. The normalized spacial score (nSPS) is 10.3. The van der Waals surface area contributed by atoms with E-state index in [4.69, 9.17) is 9.84 Å². The molecule has 18 heavy (non-hydrogen) atoms. The highest BCUT2D eigenvalue weighted by atomic mass is 16.5. The summed E-state index contributed by atoms with van der Waals surface area (Å²) in [5, 5.41) is 8.82. The molecule has 0 fully saturated rings. The van der Waals surface area contributed by atoms with Gasteiger partial charge in [0.15, 0.2) is 0 Å². The largest absolute Gasteiger partial charge is 0.493 e. The summed E-state index contributed by atoms with van der Waals surface area (Å²) in [7, 11) is 0. The van der Waals surface area contributed by atoms with Gasteiger partial charge in [-0.3, -0.25) is 4.98 Å². The van der Waals surface area contributed by atoms with Crippen LogP contribution in [0.1, 0.15) is 11.1 Å². The molecule has 0 radical (unpaired) electrons. The van der Waals surface area contributed by atoms with Gasteiger partial charge in [-0.25, -0.2) is 0 Å². The van der Waals surface area contributed by atoms with Crippen LogP contribution in [0.5, 0.6) is 5.75 Å². The maximum absolute atomic E-state index is 8.82. The predicted octanol–water partition coefficient (Wildman–Crippen LogP) is 2.24. The van der Waals surface area contributed by atoms with E-state index in [1.54, 1.807) is 12.4 Å². The zero-order valence-electron chi connectivity index (χ0n) is 10.2. The summed E-state index contributed by atoms with van der Waals surface area (Å²) in [6.45, 7) is 0.839. The lowest BCUT2D eigenvalue weighted by atomic mass is 10.1. The average Bonchev–Trinajstić information content (AvgIpc) is 2.42. The zero-order chi connectivity index (χ0) is 12.6. The Morgan fingerprint density at radius 3 is 2.22 bits per heavy atom. The van der Waals surface area contributed by atoms with Crippen molar-refractivity contribution in [3.63, 3.8) is 0 Å². The highest BCUT2D eigenvalue weighted by Crippen LogP contribution is 2.13. The molecule has 0 aliphatic rings. The van der Waals surface area contributed by atoms with Gasteiger partial charge in [-0.05, 0) is 41.8 Å². The van der Waals surface area contributed by atoms with Crippen LogP contribution in [-0.4, -0.2) is 23.3 Å². The predicted molar refractivity (Wildman–Crippen MR) is 70.7 cm³/mol. The average molecular weight is 243 g/mol. The van der Waals surface area contributed by atoms with E-state index in [-0.39, 0.29) is 6.61 Å². The Balaban J connectivity index is 1.80. The molecule has 0 unspecified atom stereocenters. The molecule has 94 valence electrons. The van der Waals surface area contributed by atoms with Crippen molar-refractivity contribution in [3.8, 4) is 5.75 Å². The van der Waals surface area contributed by atoms with E-state index in [0.29, 0.717) is 13.0 Å². The fraction of sp³-hybridized carbons (Fsp3) is 0.267. The van der Waals surface area contributed by atoms with Gasteiger partial charge in [0.05, 0.1) is 6.61 Å². The minimum Gasteiger partial charge on any atom is -0.493 e. The van der Waals surface area contributed by atoms with Crippen molar-refractivity contribution in [1.82, 2.24) is 4.98 Å². The number of hydrogen-bond donors (Lipinski definition) is 1. The molecule has 1 heterocycles. The van der Waals surface area contributed by atoms with Crippen LogP contribution in [0.15, 0.2) is 48.8 Å². The second-order valence-electron chi connectivity index (χ2n) is 4.07. The van der Waals surface area contributed by atoms with Crippen molar-refractivity contribution in [2.75, 3.05) is 13.2 Å². The third kappa shape index (κ3) is 3.86. The molecule has 1 N–H and O–H groups in total. The van der Waals surface area contributed by atoms with Crippen LogP contribution in [0.2, 0.25) is 0 Å². The molecule has 0 amide bonds. The quantitative estimate of drug-likeness (QED) is 0.846. The van der Waals surface area contributed by atoms with Crippen LogP contribution in [0, 0.1) is 0 Å². The zero-order valence-corrected chi connectivity index (χ0v) is 10.2. The van der Waals surface area contributed by atoms with Crippen LogP contribution in [0.3, 0.4) is 0 Å². The van der Waals surface area contributed by atoms with Gasteiger partial charge >= 0.3 is 0 Å². The number of aromatic nitrogens is 1. The molecule has 1 aromatic heterocycles. The van der Waals surface area contributed by atoms with Gasteiger partial charge in [0, 0.05) is 25.4 Å². The molecule has 0 saturated heterocycles. The van der Waals surface area contributed by atoms with Crippen LogP contribution in [0.4, 0.5) is 0 Å². The first-order valence-electron chi connectivity index (χ1n) is 6.10. The third-order valence-corrected chi connectivity index (χ3v) is 2.73. The summed E-state index contributed by atoms with van der Waals surface area (Å²) in [5.41, 5.74) is 2.35. The molecule has 0 aliphatic carbocycles. The van der Waals surface area contributed by atoms with Crippen LogP contribution >= 0.6 is 0 Å². The van der Waals surface area contributed by atoms with Gasteiger partial charge in [0.2, 0.25) is 0 Å². The van der Waals surface area contributed by atoms with Gasteiger partial charge < -0.3 is 9.84 Å². The Morgan fingerprint density at radius 1 is 0.889 bits per heavy atom. The number of ether oxygens (including phenoxy) is 1. The molecule has 0 atom stereocenters. The molecule has 1 aromatic carbocycles. The Hall–Kier alpha value is -1.87. The second-order valence-corrected chi connectivity index (χ2v) is 4.07. The van der Waals surface area contributed by atoms with E-state index in [2.05, 4.69) is 4.98 Å². The fourth-order valence-electron chi connectivity index (χ4n) is 1.72. The lowest BCUT2D eigenvalue weighted by Gasteiger charge is -2.07. The molecule has 0 aliphatic heterocycles. The van der Waals surface area contributed by atoms with Crippen molar-refractivity contribution >= 4 is 0 Å².